The Morgan fingerprint density at radius 3 is 2.28 bits per heavy atom. The van der Waals surface area contributed by atoms with E-state index in [0.717, 1.165) is 66.0 Å². The smallest absolute Gasteiger partial charge is 0.228 e. The summed E-state index contributed by atoms with van der Waals surface area (Å²) in [7, 11) is 0. The number of fused-ring (bicyclic) bond motifs is 1. The number of pyridine rings is 3. The van der Waals surface area contributed by atoms with Crippen molar-refractivity contribution in [3.8, 4) is 28.3 Å². The molecular formula is C34H33ClFN9O. The number of amides is 1. The third-order valence-electron chi connectivity index (χ3n) is 8.55. The number of nitrogens with one attached hydrogen (secondary N) is 1. The molecule has 2 fully saturated rings. The monoisotopic (exact) mass is 637 g/mol. The molecule has 12 heteroatoms. The first-order chi connectivity index (χ1) is 22.1. The van der Waals surface area contributed by atoms with Gasteiger partial charge in [-0.1, -0.05) is 12.1 Å². The van der Waals surface area contributed by atoms with Crippen molar-refractivity contribution in [2.24, 2.45) is 0 Å². The molecule has 0 atom stereocenters. The van der Waals surface area contributed by atoms with E-state index in [-0.39, 0.29) is 24.7 Å². The van der Waals surface area contributed by atoms with E-state index in [1.807, 2.05) is 29.4 Å². The number of hydrogen-bond donors (Lipinski definition) is 1. The Bertz CT molecular complexity index is 1860. The third-order valence-corrected chi connectivity index (χ3v) is 8.55. The lowest BCUT2D eigenvalue weighted by molar-refractivity contribution is -0.130. The van der Waals surface area contributed by atoms with E-state index in [9.17, 15) is 14.4 Å². The second-order valence-electron chi connectivity index (χ2n) is 11.3. The van der Waals surface area contributed by atoms with Crippen molar-refractivity contribution < 1.29 is 9.18 Å². The summed E-state index contributed by atoms with van der Waals surface area (Å²) in [6.45, 7) is 6.41. The molecule has 10 nitrogen and oxygen atoms in total. The van der Waals surface area contributed by atoms with Crippen molar-refractivity contribution in [3.63, 3.8) is 0 Å². The largest absolute Gasteiger partial charge is 0.369 e. The number of piperazine rings is 2. The minimum Gasteiger partial charge on any atom is -0.369 e. The Morgan fingerprint density at radius 2 is 1.61 bits per heavy atom. The Hall–Kier alpha value is -5.05. The van der Waals surface area contributed by atoms with Crippen molar-refractivity contribution in [2.45, 2.75) is 6.42 Å². The molecule has 2 saturated heterocycles. The van der Waals surface area contributed by atoms with Crippen molar-refractivity contribution in [1.29, 1.82) is 5.26 Å². The van der Waals surface area contributed by atoms with Crippen LogP contribution in [0.4, 0.5) is 15.9 Å². The van der Waals surface area contributed by atoms with E-state index in [1.165, 1.54) is 11.8 Å². The second-order valence-corrected chi connectivity index (χ2v) is 11.3. The predicted octanol–water partition coefficient (Wildman–Crippen LogP) is 4.19. The van der Waals surface area contributed by atoms with Crippen LogP contribution in [0.15, 0.2) is 79.4 Å². The first-order valence-corrected chi connectivity index (χ1v) is 15.1. The zero-order valence-electron chi connectivity index (χ0n) is 25.1. The van der Waals surface area contributed by atoms with E-state index in [0.29, 0.717) is 37.4 Å². The summed E-state index contributed by atoms with van der Waals surface area (Å²) in [4.78, 5) is 27.9. The Morgan fingerprint density at radius 1 is 0.848 bits per heavy atom. The van der Waals surface area contributed by atoms with Crippen molar-refractivity contribution >= 4 is 35.3 Å². The SMILES string of the molecule is Cl.N#Cc1cnn2cc(-c3ccc(N4CCNCC4)cc3)cc(-c3ccc(N4CCN(C(=O)Cc5ccc(F)cn5)CC4)nc3)c12. The molecule has 1 aromatic carbocycles. The summed E-state index contributed by atoms with van der Waals surface area (Å²) in [5.74, 6) is 0.395. The molecule has 7 rings (SSSR count). The molecule has 0 bridgehead atoms. The molecule has 6 heterocycles. The molecule has 2 aliphatic heterocycles. The molecule has 46 heavy (non-hydrogen) atoms. The van der Waals surface area contributed by atoms with Crippen LogP contribution in [0.3, 0.4) is 0 Å². The van der Waals surface area contributed by atoms with Gasteiger partial charge in [0.2, 0.25) is 5.91 Å². The fraction of sp³-hybridized carbons (Fsp3) is 0.265. The first kappa shape index (κ1) is 31.0. The molecule has 1 amide bonds. The van der Waals surface area contributed by atoms with Crippen LogP contribution in [0.1, 0.15) is 11.3 Å². The molecule has 5 aromatic rings. The second kappa shape index (κ2) is 13.5. The molecule has 0 aliphatic carbocycles. The summed E-state index contributed by atoms with van der Waals surface area (Å²) in [5, 5.41) is 17.7. The zero-order chi connectivity index (χ0) is 30.8. The van der Waals surface area contributed by atoms with Gasteiger partial charge in [0, 0.05) is 92.8 Å². The van der Waals surface area contributed by atoms with Crippen LogP contribution in [-0.4, -0.2) is 82.7 Å². The average molecular weight is 638 g/mol. The highest BCUT2D eigenvalue weighted by Gasteiger charge is 2.23. The van der Waals surface area contributed by atoms with Crippen molar-refractivity contribution in [2.75, 3.05) is 62.2 Å². The minimum absolute atomic E-state index is 0. The number of nitriles is 1. The highest BCUT2D eigenvalue weighted by Crippen LogP contribution is 2.33. The number of anilines is 2. The molecule has 0 saturated carbocycles. The van der Waals surface area contributed by atoms with Crippen LogP contribution in [0.25, 0.3) is 27.8 Å². The number of aromatic nitrogens is 4. The highest BCUT2D eigenvalue weighted by atomic mass is 35.5. The van der Waals surface area contributed by atoms with Crippen LogP contribution in [0, 0.1) is 17.1 Å². The van der Waals surface area contributed by atoms with Crippen LogP contribution in [0.2, 0.25) is 0 Å². The maximum atomic E-state index is 13.2. The van der Waals surface area contributed by atoms with Gasteiger partial charge in [0.25, 0.3) is 0 Å². The topological polar surface area (TPSA) is 106 Å². The Balaban J connectivity index is 0.00000372. The van der Waals surface area contributed by atoms with Crippen molar-refractivity contribution in [1.82, 2.24) is 29.8 Å². The molecular weight excluding hydrogens is 605 g/mol. The van der Waals surface area contributed by atoms with E-state index in [1.54, 1.807) is 16.8 Å². The number of nitrogens with zero attached hydrogens (tertiary/aromatic N) is 8. The first-order valence-electron chi connectivity index (χ1n) is 15.1. The van der Waals surface area contributed by atoms with E-state index in [2.05, 4.69) is 61.6 Å². The summed E-state index contributed by atoms with van der Waals surface area (Å²) >= 11 is 0. The zero-order valence-corrected chi connectivity index (χ0v) is 26.0. The van der Waals surface area contributed by atoms with Crippen LogP contribution < -0.4 is 15.1 Å². The van der Waals surface area contributed by atoms with E-state index < -0.39 is 5.82 Å². The van der Waals surface area contributed by atoms with Gasteiger partial charge in [-0.05, 0) is 48.0 Å². The standard InChI is InChI=1S/C34H32FN9O.ClH/c35-28-4-5-29(38-22-28)18-33(45)43-15-13-42(14-16-43)32-8-3-25(20-39-32)31-17-26(23-44-34(31)27(19-36)21-40-44)24-1-6-30(7-2-24)41-11-9-37-10-12-41;/h1-8,17,20-23,37H,9-16,18H2;1H. The Kier molecular flexibility index (Phi) is 9.10. The Labute approximate surface area is 272 Å². The summed E-state index contributed by atoms with van der Waals surface area (Å²) in [6.07, 6.45) is 6.70. The summed E-state index contributed by atoms with van der Waals surface area (Å²) in [5.41, 5.74) is 6.86. The van der Waals surface area contributed by atoms with Gasteiger partial charge in [-0.2, -0.15) is 10.4 Å². The fourth-order valence-electron chi connectivity index (χ4n) is 6.06. The summed E-state index contributed by atoms with van der Waals surface area (Å²) in [6, 6.07) is 19.9. The third kappa shape index (κ3) is 6.36. The molecule has 0 unspecified atom stereocenters. The van der Waals surface area contributed by atoms with Crippen LogP contribution in [-0.2, 0) is 11.2 Å². The van der Waals surface area contributed by atoms with Gasteiger partial charge in [-0.15, -0.1) is 12.4 Å². The van der Waals surface area contributed by atoms with Gasteiger partial charge in [0.05, 0.1) is 29.9 Å². The lowest BCUT2D eigenvalue weighted by Gasteiger charge is -2.35. The number of carbonyl (C=O) groups excluding carboxylic acids is 1. The number of rotatable bonds is 6. The van der Waals surface area contributed by atoms with Gasteiger partial charge in [-0.25, -0.2) is 13.9 Å². The quantitative estimate of drug-likeness (QED) is 0.296. The van der Waals surface area contributed by atoms with Gasteiger partial charge >= 0.3 is 0 Å². The lowest BCUT2D eigenvalue weighted by Crippen LogP contribution is -2.49. The van der Waals surface area contributed by atoms with Crippen molar-refractivity contribution in [3.05, 3.63) is 96.5 Å². The number of halogens is 2. The predicted molar refractivity (Wildman–Crippen MR) is 178 cm³/mol. The number of carbonyl (C=O) groups is 1. The van der Waals surface area contributed by atoms with Crippen LogP contribution >= 0.6 is 12.4 Å². The maximum absolute atomic E-state index is 13.2. The highest BCUT2D eigenvalue weighted by molar-refractivity contribution is 5.88. The maximum Gasteiger partial charge on any atom is 0.228 e. The molecule has 234 valence electrons. The molecule has 4 aromatic heterocycles. The molecule has 0 spiro atoms. The fourth-order valence-corrected chi connectivity index (χ4v) is 6.06. The molecule has 1 N–H and O–H groups in total. The normalized spacial score (nSPS) is 15.0. The molecule has 2 aliphatic rings. The summed E-state index contributed by atoms with van der Waals surface area (Å²) < 4.78 is 14.9. The molecule has 0 radical (unpaired) electrons. The lowest BCUT2D eigenvalue weighted by atomic mass is 9.99. The number of benzene rings is 1. The minimum atomic E-state index is -0.415. The van der Waals surface area contributed by atoms with E-state index >= 15 is 0 Å². The number of hydrogen-bond acceptors (Lipinski definition) is 8. The van der Waals surface area contributed by atoms with Crippen LogP contribution in [0.5, 0.6) is 0 Å². The van der Waals surface area contributed by atoms with Gasteiger partial charge in [-0.3, -0.25) is 9.78 Å². The van der Waals surface area contributed by atoms with Gasteiger partial charge in [0.15, 0.2) is 0 Å². The van der Waals surface area contributed by atoms with E-state index in [4.69, 9.17) is 4.98 Å². The van der Waals surface area contributed by atoms with Gasteiger partial charge in [0.1, 0.15) is 17.7 Å². The average Bonchev–Trinajstić information content (AvgIpc) is 3.53. The van der Waals surface area contributed by atoms with Gasteiger partial charge < -0.3 is 20.0 Å².